The van der Waals surface area contributed by atoms with Gasteiger partial charge in [0.25, 0.3) is 0 Å². The second kappa shape index (κ2) is 5.83. The third-order valence-corrected chi connectivity index (χ3v) is 3.03. The minimum atomic E-state index is -0.759. The van der Waals surface area contributed by atoms with Crippen molar-refractivity contribution in [2.24, 2.45) is 0 Å². The molecule has 0 amide bonds. The van der Waals surface area contributed by atoms with Crippen molar-refractivity contribution in [3.05, 3.63) is 28.1 Å². The summed E-state index contributed by atoms with van der Waals surface area (Å²) in [7, 11) is 1.29. The van der Waals surface area contributed by atoms with E-state index in [0.29, 0.717) is 6.61 Å². The maximum Gasteiger partial charge on any atom is 0.314 e. The zero-order valence-corrected chi connectivity index (χ0v) is 10.5. The van der Waals surface area contributed by atoms with Crippen molar-refractivity contribution in [1.29, 1.82) is 0 Å². The molecule has 1 aliphatic heterocycles. The highest BCUT2D eigenvalue weighted by Crippen LogP contribution is 2.33. The molecule has 0 radical (unpaired) electrons. The predicted octanol–water partition coefficient (Wildman–Crippen LogP) is 1.87. The van der Waals surface area contributed by atoms with Gasteiger partial charge in [-0.2, -0.15) is 0 Å². The zero-order chi connectivity index (χ0) is 13.8. The summed E-state index contributed by atoms with van der Waals surface area (Å²) in [4.78, 5) is 10.0. The maximum atomic E-state index is 13.7. The Bertz CT molecular complexity index is 475. The molecule has 0 saturated carbocycles. The van der Waals surface area contributed by atoms with E-state index in [1.54, 1.807) is 0 Å². The average molecular weight is 270 g/mol. The molecule has 0 bridgehead atoms. The second-order valence-corrected chi connectivity index (χ2v) is 4.32. The van der Waals surface area contributed by atoms with E-state index in [1.807, 2.05) is 0 Å². The van der Waals surface area contributed by atoms with Gasteiger partial charge in [0.2, 0.25) is 5.75 Å². The van der Waals surface area contributed by atoms with Gasteiger partial charge in [0.05, 0.1) is 18.1 Å². The number of ether oxygens (including phenoxy) is 2. The first-order chi connectivity index (χ1) is 9.11. The van der Waals surface area contributed by atoms with Crippen LogP contribution in [-0.2, 0) is 0 Å². The summed E-state index contributed by atoms with van der Waals surface area (Å²) in [6, 6.07) is 2.22. The van der Waals surface area contributed by atoms with Gasteiger partial charge in [-0.3, -0.25) is 10.1 Å². The van der Waals surface area contributed by atoms with Gasteiger partial charge in [0.1, 0.15) is 6.61 Å². The first kappa shape index (κ1) is 13.5. The van der Waals surface area contributed by atoms with Crippen molar-refractivity contribution in [1.82, 2.24) is 5.32 Å². The van der Waals surface area contributed by atoms with Crippen LogP contribution >= 0.6 is 0 Å². The van der Waals surface area contributed by atoms with Gasteiger partial charge in [-0.25, -0.2) is 4.39 Å². The molecule has 19 heavy (non-hydrogen) atoms. The molecule has 1 saturated heterocycles. The molecule has 1 unspecified atom stereocenters. The monoisotopic (exact) mass is 270 g/mol. The van der Waals surface area contributed by atoms with Gasteiger partial charge < -0.3 is 14.8 Å². The van der Waals surface area contributed by atoms with Crippen LogP contribution in [0.5, 0.6) is 11.5 Å². The molecular formula is C12H15FN2O4. The maximum absolute atomic E-state index is 13.7. The molecular weight excluding hydrogens is 255 g/mol. The minimum absolute atomic E-state index is 0.0132. The van der Waals surface area contributed by atoms with Gasteiger partial charge >= 0.3 is 5.69 Å². The van der Waals surface area contributed by atoms with Crippen molar-refractivity contribution in [2.45, 2.75) is 18.9 Å². The van der Waals surface area contributed by atoms with Crippen LogP contribution in [0.3, 0.4) is 0 Å². The number of rotatable bonds is 5. The number of halogens is 1. The van der Waals surface area contributed by atoms with Crippen LogP contribution < -0.4 is 14.8 Å². The van der Waals surface area contributed by atoms with Crippen LogP contribution in [0.2, 0.25) is 0 Å². The molecule has 2 rings (SSSR count). The number of nitro benzene ring substituents is 1. The van der Waals surface area contributed by atoms with Crippen molar-refractivity contribution in [3.8, 4) is 11.5 Å². The third kappa shape index (κ3) is 3.11. The lowest BCUT2D eigenvalue weighted by atomic mass is 10.2. The molecule has 0 aliphatic carbocycles. The Balaban J connectivity index is 2.13. The lowest BCUT2D eigenvalue weighted by molar-refractivity contribution is -0.386. The highest BCUT2D eigenvalue weighted by Gasteiger charge is 2.21. The van der Waals surface area contributed by atoms with E-state index in [1.165, 1.54) is 13.2 Å². The standard InChI is InChI=1S/C12H15FN2O4/c1-18-12-6-11(9(13)5-10(12)15(16)17)19-7-8-3-2-4-14-8/h5-6,8,14H,2-4,7H2,1H3. The van der Waals surface area contributed by atoms with E-state index >= 15 is 0 Å². The summed E-state index contributed by atoms with van der Waals surface area (Å²) < 4.78 is 23.9. The van der Waals surface area contributed by atoms with Crippen LogP contribution in [0.4, 0.5) is 10.1 Å². The van der Waals surface area contributed by atoms with E-state index in [2.05, 4.69) is 5.32 Å². The first-order valence-electron chi connectivity index (χ1n) is 6.00. The summed E-state index contributed by atoms with van der Waals surface area (Å²) in [5.74, 6) is -0.803. The first-order valence-corrected chi connectivity index (χ1v) is 6.00. The molecule has 6 nitrogen and oxygen atoms in total. The fourth-order valence-electron chi connectivity index (χ4n) is 2.03. The molecule has 1 aliphatic rings. The molecule has 1 fully saturated rings. The summed E-state index contributed by atoms with van der Waals surface area (Å²) >= 11 is 0. The SMILES string of the molecule is COc1cc(OCC2CCCN2)c(F)cc1[N+](=O)[O-]. The van der Waals surface area contributed by atoms with Crippen molar-refractivity contribution >= 4 is 5.69 Å². The second-order valence-electron chi connectivity index (χ2n) is 4.32. The van der Waals surface area contributed by atoms with E-state index in [9.17, 15) is 14.5 Å². The molecule has 1 atom stereocenters. The normalized spacial score (nSPS) is 18.3. The smallest absolute Gasteiger partial charge is 0.314 e. The van der Waals surface area contributed by atoms with Crippen LogP contribution in [-0.4, -0.2) is 31.2 Å². The molecule has 1 heterocycles. The van der Waals surface area contributed by atoms with Gasteiger partial charge in [0, 0.05) is 12.1 Å². The molecule has 0 aromatic heterocycles. The fourth-order valence-corrected chi connectivity index (χ4v) is 2.03. The van der Waals surface area contributed by atoms with Gasteiger partial charge in [-0.15, -0.1) is 0 Å². The Morgan fingerprint density at radius 2 is 2.32 bits per heavy atom. The molecule has 7 heteroatoms. The highest BCUT2D eigenvalue weighted by molar-refractivity contribution is 5.51. The van der Waals surface area contributed by atoms with Crippen LogP contribution in [0.1, 0.15) is 12.8 Å². The summed E-state index contributed by atoms with van der Waals surface area (Å²) in [5.41, 5.74) is -0.411. The average Bonchev–Trinajstić information content (AvgIpc) is 2.90. The van der Waals surface area contributed by atoms with E-state index in [4.69, 9.17) is 9.47 Å². The van der Waals surface area contributed by atoms with Crippen LogP contribution in [0, 0.1) is 15.9 Å². The lowest BCUT2D eigenvalue weighted by Crippen LogP contribution is -2.28. The number of hydrogen-bond acceptors (Lipinski definition) is 5. The number of hydrogen-bond donors (Lipinski definition) is 1. The molecule has 0 spiro atoms. The van der Waals surface area contributed by atoms with Crippen LogP contribution in [0.15, 0.2) is 12.1 Å². The largest absolute Gasteiger partial charge is 0.490 e. The lowest BCUT2D eigenvalue weighted by Gasteiger charge is -2.13. The number of nitrogens with one attached hydrogen (secondary N) is 1. The summed E-state index contributed by atoms with van der Waals surface area (Å²) in [6.45, 7) is 1.26. The van der Waals surface area contributed by atoms with Crippen molar-refractivity contribution in [2.75, 3.05) is 20.3 Å². The number of nitro groups is 1. The quantitative estimate of drug-likeness (QED) is 0.653. The van der Waals surface area contributed by atoms with Gasteiger partial charge in [0.15, 0.2) is 11.6 Å². The Hall–Kier alpha value is -1.89. The predicted molar refractivity (Wildman–Crippen MR) is 66.1 cm³/mol. The van der Waals surface area contributed by atoms with Gasteiger partial charge in [-0.05, 0) is 19.4 Å². The number of benzene rings is 1. The minimum Gasteiger partial charge on any atom is -0.490 e. The van der Waals surface area contributed by atoms with E-state index in [0.717, 1.165) is 25.5 Å². The highest BCUT2D eigenvalue weighted by atomic mass is 19.1. The topological polar surface area (TPSA) is 73.6 Å². The Morgan fingerprint density at radius 1 is 1.53 bits per heavy atom. The van der Waals surface area contributed by atoms with Gasteiger partial charge in [-0.1, -0.05) is 0 Å². The molecule has 1 aromatic carbocycles. The van der Waals surface area contributed by atoms with E-state index < -0.39 is 16.4 Å². The summed E-state index contributed by atoms with van der Waals surface area (Å²) in [5, 5.41) is 13.9. The Morgan fingerprint density at radius 3 is 2.89 bits per heavy atom. The summed E-state index contributed by atoms with van der Waals surface area (Å²) in [6.07, 6.45) is 2.05. The zero-order valence-electron chi connectivity index (χ0n) is 10.5. The number of nitrogens with zero attached hydrogens (tertiary/aromatic N) is 1. The van der Waals surface area contributed by atoms with Crippen molar-refractivity contribution in [3.63, 3.8) is 0 Å². The fraction of sp³-hybridized carbons (Fsp3) is 0.500. The number of methoxy groups -OCH3 is 1. The van der Waals surface area contributed by atoms with E-state index in [-0.39, 0.29) is 17.5 Å². The Labute approximate surface area is 109 Å². The van der Waals surface area contributed by atoms with Crippen LogP contribution in [0.25, 0.3) is 0 Å². The molecule has 104 valence electrons. The van der Waals surface area contributed by atoms with Crippen molar-refractivity contribution < 1.29 is 18.8 Å². The molecule has 1 N–H and O–H groups in total. The Kier molecular flexibility index (Phi) is 4.16. The third-order valence-electron chi connectivity index (χ3n) is 3.03. The molecule has 1 aromatic rings.